The van der Waals surface area contributed by atoms with Crippen LogP contribution in [0.25, 0.3) is 0 Å². The fourth-order valence-corrected chi connectivity index (χ4v) is 3.84. The van der Waals surface area contributed by atoms with Crippen LogP contribution in [0.4, 0.5) is 0 Å². The molecular weight excluding hydrogens is 294 g/mol. The minimum Gasteiger partial charge on any atom is -0.389 e. The minimum absolute atomic E-state index is 0.0400. The number of hydrogen-bond donors (Lipinski definition) is 1. The van der Waals surface area contributed by atoms with Gasteiger partial charge in [-0.15, -0.1) is 0 Å². The summed E-state index contributed by atoms with van der Waals surface area (Å²) in [6, 6.07) is 0. The summed E-state index contributed by atoms with van der Waals surface area (Å²) in [7, 11) is 0. The number of amides is 1. The van der Waals surface area contributed by atoms with Gasteiger partial charge in [-0.25, -0.2) is 0 Å². The van der Waals surface area contributed by atoms with Crippen molar-refractivity contribution in [3.63, 3.8) is 0 Å². The molecule has 4 heteroatoms. The van der Waals surface area contributed by atoms with Gasteiger partial charge in [-0.1, -0.05) is 28.1 Å². The number of rotatable bonds is 0. The zero-order chi connectivity index (χ0) is 13.7. The molecule has 0 bridgehead atoms. The van der Waals surface area contributed by atoms with Crippen LogP contribution in [0.3, 0.4) is 0 Å². The van der Waals surface area contributed by atoms with E-state index in [1.165, 1.54) is 0 Å². The Labute approximate surface area is 117 Å². The van der Waals surface area contributed by atoms with Gasteiger partial charge in [0.2, 0.25) is 5.91 Å². The van der Waals surface area contributed by atoms with Crippen molar-refractivity contribution < 1.29 is 9.90 Å². The lowest BCUT2D eigenvalue weighted by molar-refractivity contribution is -0.140. The molecule has 0 aromatic heterocycles. The van der Waals surface area contributed by atoms with Crippen LogP contribution in [0, 0.1) is 5.92 Å². The number of carbonyl (C=O) groups is 1. The maximum absolute atomic E-state index is 11.9. The van der Waals surface area contributed by atoms with Gasteiger partial charge >= 0.3 is 0 Å². The number of piperidine rings is 1. The minimum atomic E-state index is -0.819. The van der Waals surface area contributed by atoms with Crippen LogP contribution in [-0.4, -0.2) is 27.1 Å². The van der Waals surface area contributed by atoms with Gasteiger partial charge in [0.25, 0.3) is 0 Å². The van der Waals surface area contributed by atoms with E-state index in [1.807, 2.05) is 37.8 Å². The molecule has 0 saturated carbocycles. The summed E-state index contributed by atoms with van der Waals surface area (Å²) in [5.74, 6) is -0.0734. The van der Waals surface area contributed by atoms with Crippen molar-refractivity contribution in [2.75, 3.05) is 0 Å². The van der Waals surface area contributed by atoms with Crippen LogP contribution < -0.4 is 0 Å². The highest BCUT2D eigenvalue weighted by Gasteiger charge is 2.50. The standard InChI is InChI=1S/C14H20BrNO2/c1-9(17)16-12-6-5-10(15)7-11(12)14(4,18)8-13(16,2)3/h6-7,11,18H,5,8H2,1-4H3/t11-,14-/m1/s1. The molecular formula is C14H20BrNO2. The first-order valence-electron chi connectivity index (χ1n) is 6.24. The predicted octanol–water partition coefficient (Wildman–Crippen LogP) is 2.95. The molecule has 1 aliphatic heterocycles. The van der Waals surface area contributed by atoms with Gasteiger partial charge in [-0.3, -0.25) is 4.79 Å². The molecule has 2 aliphatic rings. The van der Waals surface area contributed by atoms with Gasteiger partial charge in [0.05, 0.1) is 5.60 Å². The van der Waals surface area contributed by atoms with Crippen molar-refractivity contribution in [3.8, 4) is 0 Å². The molecule has 100 valence electrons. The molecule has 0 aromatic carbocycles. The third-order valence-electron chi connectivity index (χ3n) is 3.81. The predicted molar refractivity (Wildman–Crippen MR) is 75.0 cm³/mol. The van der Waals surface area contributed by atoms with Gasteiger partial charge in [0.15, 0.2) is 0 Å². The maximum atomic E-state index is 11.9. The van der Waals surface area contributed by atoms with E-state index in [2.05, 4.69) is 15.9 Å². The zero-order valence-electron chi connectivity index (χ0n) is 11.3. The molecule has 1 saturated heterocycles. The fourth-order valence-electron chi connectivity index (χ4n) is 3.41. The van der Waals surface area contributed by atoms with Crippen LogP contribution in [0.5, 0.6) is 0 Å². The van der Waals surface area contributed by atoms with Crippen molar-refractivity contribution in [2.45, 2.75) is 51.7 Å². The number of halogens is 1. The molecule has 0 spiro atoms. The molecule has 1 N–H and O–H groups in total. The second-order valence-electron chi connectivity index (χ2n) is 6.13. The highest BCUT2D eigenvalue weighted by molar-refractivity contribution is 9.11. The van der Waals surface area contributed by atoms with Crippen LogP contribution in [0.1, 0.15) is 40.5 Å². The van der Waals surface area contributed by atoms with E-state index in [0.717, 1.165) is 16.6 Å². The Kier molecular flexibility index (Phi) is 3.23. The van der Waals surface area contributed by atoms with E-state index in [-0.39, 0.29) is 17.4 Å². The molecule has 1 aliphatic carbocycles. The van der Waals surface area contributed by atoms with Crippen LogP contribution in [0.2, 0.25) is 0 Å². The zero-order valence-corrected chi connectivity index (χ0v) is 12.9. The van der Waals surface area contributed by atoms with Gasteiger partial charge in [0, 0.05) is 24.1 Å². The van der Waals surface area contributed by atoms with Gasteiger partial charge in [0.1, 0.15) is 0 Å². The first-order chi connectivity index (χ1) is 8.15. The summed E-state index contributed by atoms with van der Waals surface area (Å²) in [4.78, 5) is 13.8. The number of likely N-dealkylation sites (tertiary alicyclic amines) is 1. The van der Waals surface area contributed by atoms with Gasteiger partial charge in [-0.2, -0.15) is 0 Å². The molecule has 0 radical (unpaired) electrons. The Bertz CT molecular complexity index is 449. The second-order valence-corrected chi connectivity index (χ2v) is 7.14. The number of aliphatic hydroxyl groups is 1. The third kappa shape index (κ3) is 2.16. The van der Waals surface area contributed by atoms with Gasteiger partial charge < -0.3 is 10.0 Å². The Balaban J connectivity index is 2.50. The molecule has 1 fully saturated rings. The summed E-state index contributed by atoms with van der Waals surface area (Å²) in [6.07, 6.45) is 5.42. The lowest BCUT2D eigenvalue weighted by atomic mass is 9.70. The van der Waals surface area contributed by atoms with E-state index in [4.69, 9.17) is 0 Å². The Hall–Kier alpha value is -0.610. The molecule has 1 heterocycles. The third-order valence-corrected chi connectivity index (χ3v) is 4.40. The second kappa shape index (κ2) is 4.20. The van der Waals surface area contributed by atoms with Gasteiger partial charge in [-0.05, 0) is 38.1 Å². The van der Waals surface area contributed by atoms with E-state index < -0.39 is 5.60 Å². The van der Waals surface area contributed by atoms with E-state index in [0.29, 0.717) is 6.42 Å². The number of carbonyl (C=O) groups excluding carboxylic acids is 1. The average Bonchev–Trinajstić information content (AvgIpc) is 2.16. The van der Waals surface area contributed by atoms with E-state index >= 15 is 0 Å². The topological polar surface area (TPSA) is 40.5 Å². The quantitative estimate of drug-likeness (QED) is 0.747. The number of nitrogens with zero attached hydrogens (tertiary/aromatic N) is 1. The van der Waals surface area contributed by atoms with Crippen LogP contribution in [-0.2, 0) is 4.79 Å². The molecule has 2 rings (SSSR count). The van der Waals surface area contributed by atoms with E-state index in [1.54, 1.807) is 6.92 Å². The smallest absolute Gasteiger partial charge is 0.224 e. The van der Waals surface area contributed by atoms with Crippen LogP contribution in [0.15, 0.2) is 22.3 Å². The van der Waals surface area contributed by atoms with Crippen LogP contribution >= 0.6 is 15.9 Å². The fraction of sp³-hybridized carbons (Fsp3) is 0.643. The first kappa shape index (κ1) is 13.8. The van der Waals surface area contributed by atoms with Crippen molar-refractivity contribution in [2.24, 2.45) is 5.92 Å². The van der Waals surface area contributed by atoms with Crippen molar-refractivity contribution >= 4 is 21.8 Å². The monoisotopic (exact) mass is 313 g/mol. The van der Waals surface area contributed by atoms with Crippen molar-refractivity contribution in [1.29, 1.82) is 0 Å². The first-order valence-corrected chi connectivity index (χ1v) is 7.04. The molecule has 0 unspecified atom stereocenters. The summed E-state index contributed by atoms with van der Waals surface area (Å²) >= 11 is 3.49. The molecule has 18 heavy (non-hydrogen) atoms. The molecule has 2 atom stereocenters. The molecule has 3 nitrogen and oxygen atoms in total. The summed E-state index contributed by atoms with van der Waals surface area (Å²) in [5, 5.41) is 10.7. The normalized spacial score (nSPS) is 34.6. The average molecular weight is 314 g/mol. The summed E-state index contributed by atoms with van der Waals surface area (Å²) in [6.45, 7) is 7.46. The van der Waals surface area contributed by atoms with Crippen molar-refractivity contribution in [3.05, 3.63) is 22.3 Å². The highest BCUT2D eigenvalue weighted by Crippen LogP contribution is 2.47. The number of fused-ring (bicyclic) bond motifs is 1. The Morgan fingerprint density at radius 2 is 2.11 bits per heavy atom. The SMILES string of the molecule is CC(=O)N1C2=CCC(Br)=C[C@H]2[C@](C)(O)CC1(C)C. The largest absolute Gasteiger partial charge is 0.389 e. The lowest BCUT2D eigenvalue weighted by Crippen LogP contribution is -2.59. The van der Waals surface area contributed by atoms with E-state index in [9.17, 15) is 9.90 Å². The summed E-state index contributed by atoms with van der Waals surface area (Å²) in [5.41, 5.74) is -0.234. The Morgan fingerprint density at radius 3 is 2.67 bits per heavy atom. The van der Waals surface area contributed by atoms with Crippen molar-refractivity contribution in [1.82, 2.24) is 4.90 Å². The molecule has 0 aromatic rings. The Morgan fingerprint density at radius 1 is 1.50 bits per heavy atom. The lowest BCUT2D eigenvalue weighted by Gasteiger charge is -2.53. The number of hydrogen-bond acceptors (Lipinski definition) is 2. The number of allylic oxidation sites excluding steroid dienone is 2. The summed E-state index contributed by atoms with van der Waals surface area (Å²) < 4.78 is 1.07. The maximum Gasteiger partial charge on any atom is 0.224 e. The highest BCUT2D eigenvalue weighted by atomic mass is 79.9. The molecule has 1 amide bonds.